The van der Waals surface area contributed by atoms with Gasteiger partial charge in [-0.1, -0.05) is 48.5 Å². The Morgan fingerprint density at radius 2 is 1.48 bits per heavy atom. The second-order valence-corrected chi connectivity index (χ2v) is 6.82. The van der Waals surface area contributed by atoms with E-state index in [2.05, 4.69) is 52.9 Å². The van der Waals surface area contributed by atoms with Crippen LogP contribution in [0.2, 0.25) is 0 Å². The highest BCUT2D eigenvalue weighted by molar-refractivity contribution is 14.1. The van der Waals surface area contributed by atoms with Crippen molar-refractivity contribution < 1.29 is 4.73 Å². The van der Waals surface area contributed by atoms with E-state index in [9.17, 15) is 5.21 Å². The van der Waals surface area contributed by atoms with Crippen LogP contribution < -0.4 is 4.73 Å². The van der Waals surface area contributed by atoms with Crippen molar-refractivity contribution in [1.82, 2.24) is 0 Å². The molecule has 112 valence electrons. The van der Waals surface area contributed by atoms with Crippen LogP contribution in [0.4, 0.5) is 0 Å². The van der Waals surface area contributed by atoms with Crippen LogP contribution in [0.5, 0.6) is 0 Å². The molecule has 0 spiro atoms. The first kappa shape index (κ1) is 14.5. The summed E-state index contributed by atoms with van der Waals surface area (Å²) in [4.78, 5) is 0. The summed E-state index contributed by atoms with van der Waals surface area (Å²) >= 11 is 2.32. The second kappa shape index (κ2) is 5.49. The SMILES string of the molecule is Cc1cc2ccccc2c(-c2c(I)ccc3ccccc23)[n+]1[O-]. The lowest BCUT2D eigenvalue weighted by atomic mass is 9.97. The first-order valence-electron chi connectivity index (χ1n) is 7.46. The maximum atomic E-state index is 12.9. The van der Waals surface area contributed by atoms with E-state index < -0.39 is 0 Å². The molecule has 0 aliphatic rings. The molecule has 0 radical (unpaired) electrons. The molecule has 0 atom stereocenters. The molecular weight excluding hydrogens is 397 g/mol. The molecular formula is C20H14INO. The number of rotatable bonds is 1. The summed E-state index contributed by atoms with van der Waals surface area (Å²) in [5.74, 6) is 0. The van der Waals surface area contributed by atoms with E-state index >= 15 is 0 Å². The van der Waals surface area contributed by atoms with Crippen molar-refractivity contribution in [3.05, 3.63) is 81.2 Å². The average molecular weight is 411 g/mol. The monoisotopic (exact) mass is 411 g/mol. The smallest absolute Gasteiger partial charge is 0.233 e. The van der Waals surface area contributed by atoms with Crippen molar-refractivity contribution in [2.75, 3.05) is 0 Å². The van der Waals surface area contributed by atoms with Gasteiger partial charge in [-0.3, -0.25) is 0 Å². The molecule has 0 saturated heterocycles. The fourth-order valence-corrected chi connectivity index (χ4v) is 3.86. The van der Waals surface area contributed by atoms with Crippen LogP contribution in [-0.4, -0.2) is 0 Å². The molecule has 4 aromatic rings. The van der Waals surface area contributed by atoms with E-state index in [4.69, 9.17) is 0 Å². The normalized spacial score (nSPS) is 11.2. The molecule has 0 fully saturated rings. The van der Waals surface area contributed by atoms with Crippen LogP contribution in [-0.2, 0) is 0 Å². The van der Waals surface area contributed by atoms with Crippen LogP contribution in [0.3, 0.4) is 0 Å². The number of hydrogen-bond acceptors (Lipinski definition) is 1. The van der Waals surface area contributed by atoms with Gasteiger partial charge in [0.05, 0.1) is 10.9 Å². The predicted octanol–water partition coefficient (Wildman–Crippen LogP) is 5.21. The van der Waals surface area contributed by atoms with E-state index in [1.165, 1.54) is 0 Å². The molecule has 4 rings (SSSR count). The molecule has 0 bridgehead atoms. The highest BCUT2D eigenvalue weighted by Crippen LogP contribution is 2.35. The Kier molecular flexibility index (Phi) is 3.45. The molecule has 1 aromatic heterocycles. The number of halogens is 1. The number of nitrogens with zero attached hydrogens (tertiary/aromatic N) is 1. The molecule has 0 aliphatic heterocycles. The number of pyridine rings is 1. The predicted molar refractivity (Wildman–Crippen MR) is 103 cm³/mol. The van der Waals surface area contributed by atoms with Crippen molar-refractivity contribution in [1.29, 1.82) is 0 Å². The molecule has 0 saturated carbocycles. The first-order valence-corrected chi connectivity index (χ1v) is 8.54. The Hall–Kier alpha value is -2.14. The summed E-state index contributed by atoms with van der Waals surface area (Å²) in [5, 5.41) is 17.2. The lowest BCUT2D eigenvalue weighted by molar-refractivity contribution is -0.599. The molecule has 0 unspecified atom stereocenters. The first-order chi connectivity index (χ1) is 11.2. The van der Waals surface area contributed by atoms with Gasteiger partial charge in [0, 0.05) is 16.6 Å². The van der Waals surface area contributed by atoms with E-state index in [1.807, 2.05) is 43.3 Å². The average Bonchev–Trinajstić information content (AvgIpc) is 2.57. The van der Waals surface area contributed by atoms with Crippen molar-refractivity contribution in [2.24, 2.45) is 0 Å². The van der Waals surface area contributed by atoms with Gasteiger partial charge < -0.3 is 5.21 Å². The van der Waals surface area contributed by atoms with Crippen LogP contribution in [0.25, 0.3) is 32.8 Å². The van der Waals surface area contributed by atoms with Crippen LogP contribution in [0.15, 0.2) is 66.7 Å². The van der Waals surface area contributed by atoms with Crippen molar-refractivity contribution in [3.8, 4) is 11.3 Å². The third kappa shape index (κ3) is 2.27. The zero-order valence-corrected chi connectivity index (χ0v) is 14.7. The lowest BCUT2D eigenvalue weighted by Gasteiger charge is -2.14. The number of aromatic nitrogens is 1. The summed E-state index contributed by atoms with van der Waals surface area (Å²) < 4.78 is 2.15. The zero-order chi connectivity index (χ0) is 16.0. The van der Waals surface area contributed by atoms with Crippen molar-refractivity contribution in [2.45, 2.75) is 6.92 Å². The minimum absolute atomic E-state index is 0.711. The van der Waals surface area contributed by atoms with Gasteiger partial charge in [0.25, 0.3) is 0 Å². The minimum atomic E-state index is 0.711. The summed E-state index contributed by atoms with van der Waals surface area (Å²) in [6.45, 7) is 1.86. The third-order valence-corrected chi connectivity index (χ3v) is 5.12. The number of hydrogen-bond donors (Lipinski definition) is 0. The molecule has 0 N–H and O–H groups in total. The lowest BCUT2D eigenvalue weighted by Crippen LogP contribution is -2.33. The zero-order valence-electron chi connectivity index (χ0n) is 12.6. The molecule has 2 nitrogen and oxygen atoms in total. The molecule has 0 aliphatic carbocycles. The second-order valence-electron chi connectivity index (χ2n) is 5.66. The molecule has 3 aromatic carbocycles. The third-order valence-electron chi connectivity index (χ3n) is 4.22. The highest BCUT2D eigenvalue weighted by atomic mass is 127. The van der Waals surface area contributed by atoms with Crippen LogP contribution in [0, 0.1) is 15.7 Å². The molecule has 1 heterocycles. The van der Waals surface area contributed by atoms with Gasteiger partial charge in [0.1, 0.15) is 0 Å². The molecule has 0 amide bonds. The summed E-state index contributed by atoms with van der Waals surface area (Å²) in [7, 11) is 0. The van der Waals surface area contributed by atoms with E-state index in [-0.39, 0.29) is 0 Å². The Balaban J connectivity index is 2.24. The van der Waals surface area contributed by atoms with Gasteiger partial charge in [-0.15, -0.1) is 0 Å². The Morgan fingerprint density at radius 3 is 2.26 bits per heavy atom. The maximum Gasteiger partial charge on any atom is 0.233 e. The quantitative estimate of drug-likeness (QED) is 0.240. The summed E-state index contributed by atoms with van der Waals surface area (Å²) in [6, 6.07) is 22.4. The van der Waals surface area contributed by atoms with Crippen molar-refractivity contribution >= 4 is 44.1 Å². The number of aryl methyl sites for hydroxylation is 1. The van der Waals surface area contributed by atoms with E-state index in [1.54, 1.807) is 0 Å². The van der Waals surface area contributed by atoms with E-state index in [0.29, 0.717) is 5.69 Å². The highest BCUT2D eigenvalue weighted by Gasteiger charge is 2.21. The van der Waals surface area contributed by atoms with Gasteiger partial charge in [0.15, 0.2) is 5.69 Å². The minimum Gasteiger partial charge on any atom is -0.618 e. The van der Waals surface area contributed by atoms with E-state index in [0.717, 1.165) is 41.1 Å². The van der Waals surface area contributed by atoms with Gasteiger partial charge in [-0.05, 0) is 50.9 Å². The van der Waals surface area contributed by atoms with Crippen molar-refractivity contribution in [3.63, 3.8) is 0 Å². The fourth-order valence-electron chi connectivity index (χ4n) is 3.13. The molecule has 23 heavy (non-hydrogen) atoms. The van der Waals surface area contributed by atoms with Gasteiger partial charge >= 0.3 is 0 Å². The van der Waals surface area contributed by atoms with Gasteiger partial charge in [-0.25, -0.2) is 0 Å². The Morgan fingerprint density at radius 1 is 0.826 bits per heavy atom. The molecule has 3 heteroatoms. The van der Waals surface area contributed by atoms with Gasteiger partial charge in [-0.2, -0.15) is 4.73 Å². The standard InChI is InChI=1S/C20H14INO/c1-13-12-15-7-3-5-9-17(15)20(22(13)23)19-16-8-4-2-6-14(16)10-11-18(19)21/h2-12H,1H3. The fraction of sp³-hybridized carbons (Fsp3) is 0.0500. The summed E-state index contributed by atoms with van der Waals surface area (Å²) in [5.41, 5.74) is 2.46. The maximum absolute atomic E-state index is 12.9. The Labute approximate surface area is 148 Å². The summed E-state index contributed by atoms with van der Waals surface area (Å²) in [6.07, 6.45) is 0. The number of benzene rings is 3. The van der Waals surface area contributed by atoms with Gasteiger partial charge in [0.2, 0.25) is 5.69 Å². The van der Waals surface area contributed by atoms with Crippen LogP contribution >= 0.6 is 22.6 Å². The number of fused-ring (bicyclic) bond motifs is 2. The largest absolute Gasteiger partial charge is 0.618 e. The van der Waals surface area contributed by atoms with Crippen LogP contribution in [0.1, 0.15) is 5.69 Å². The Bertz CT molecular complexity index is 1060. The topological polar surface area (TPSA) is 26.9 Å².